The third-order valence-corrected chi connectivity index (χ3v) is 7.54. The van der Waals surface area contributed by atoms with E-state index in [1.165, 1.54) is 18.2 Å². The van der Waals surface area contributed by atoms with E-state index in [1.807, 2.05) is 17.0 Å². The van der Waals surface area contributed by atoms with Gasteiger partial charge < -0.3 is 14.8 Å². The molecular weight excluding hydrogens is 447 g/mol. The lowest BCUT2D eigenvalue weighted by atomic mass is 10.1. The molecular formula is C26H25FN6O2. The van der Waals surface area contributed by atoms with Gasteiger partial charge in [0, 0.05) is 46.9 Å². The predicted octanol–water partition coefficient (Wildman–Crippen LogP) is 2.94. The highest BCUT2D eigenvalue weighted by molar-refractivity contribution is 5.95. The Balaban J connectivity index is 1.21. The van der Waals surface area contributed by atoms with Gasteiger partial charge in [0.1, 0.15) is 11.5 Å². The number of halogens is 1. The molecule has 1 amide bonds. The summed E-state index contributed by atoms with van der Waals surface area (Å²) in [4.78, 5) is 32.6. The molecule has 1 aliphatic carbocycles. The van der Waals surface area contributed by atoms with Gasteiger partial charge in [-0.05, 0) is 62.6 Å². The fourth-order valence-electron chi connectivity index (χ4n) is 5.79. The summed E-state index contributed by atoms with van der Waals surface area (Å²) < 4.78 is 15.2. The van der Waals surface area contributed by atoms with Gasteiger partial charge in [0.2, 0.25) is 0 Å². The Morgan fingerprint density at radius 1 is 1.17 bits per heavy atom. The molecule has 35 heavy (non-hydrogen) atoms. The van der Waals surface area contributed by atoms with Crippen molar-refractivity contribution >= 4 is 16.8 Å². The number of benzene rings is 2. The lowest BCUT2D eigenvalue weighted by molar-refractivity contribution is 0.0748. The largest absolute Gasteiger partial charge is 0.338 e. The fraction of sp³-hybridized carbons (Fsp3) is 0.308. The minimum absolute atomic E-state index is 0.0386. The molecule has 3 heterocycles. The van der Waals surface area contributed by atoms with Crippen LogP contribution in [0, 0.1) is 17.2 Å². The normalized spacial score (nSPS) is 23.2. The standard InChI is InChI=1S/C26H25FN6O2/c1-26-14-32(12-20(26)23(26)31(2)3)25(35)15-4-7-18(8-5-15)33-13-22(29-30-33)19-11-16-10-17(27)6-9-21(16)28-24(19)34/h4-11,13,20,23H,12,14H2,1-3H3,(H,28,34)/t20-,23?,26-/m1/s1. The van der Waals surface area contributed by atoms with E-state index in [0.717, 1.165) is 13.1 Å². The lowest BCUT2D eigenvalue weighted by Gasteiger charge is -2.25. The number of rotatable bonds is 4. The molecule has 1 unspecified atom stereocenters. The Hall–Kier alpha value is -3.85. The van der Waals surface area contributed by atoms with Crippen LogP contribution in [-0.4, -0.2) is 68.9 Å². The van der Waals surface area contributed by atoms with Crippen LogP contribution >= 0.6 is 0 Å². The summed E-state index contributed by atoms with van der Waals surface area (Å²) in [6.07, 6.45) is 1.64. The first-order valence-corrected chi connectivity index (χ1v) is 11.6. The van der Waals surface area contributed by atoms with Crippen LogP contribution < -0.4 is 5.56 Å². The number of nitrogens with zero attached hydrogens (tertiary/aromatic N) is 5. The summed E-state index contributed by atoms with van der Waals surface area (Å²) in [6, 6.07) is 13.6. The first-order chi connectivity index (χ1) is 16.7. The predicted molar refractivity (Wildman–Crippen MR) is 130 cm³/mol. The number of nitrogens with one attached hydrogen (secondary N) is 1. The summed E-state index contributed by atoms with van der Waals surface area (Å²) in [7, 11) is 4.20. The SMILES string of the molecule is CN(C)C1[C@H]2CN(C(=O)c3ccc(-n4cc(-c5cc6cc(F)ccc6[nH]c5=O)nn4)cc3)C[C@@]12C. The number of likely N-dealkylation sites (tertiary alicyclic amines) is 1. The van der Waals surface area contributed by atoms with Crippen molar-refractivity contribution in [2.24, 2.45) is 11.3 Å². The Kier molecular flexibility index (Phi) is 4.69. The van der Waals surface area contributed by atoms with Gasteiger partial charge in [-0.3, -0.25) is 9.59 Å². The number of amides is 1. The van der Waals surface area contributed by atoms with Crippen LogP contribution in [0.3, 0.4) is 0 Å². The quantitative estimate of drug-likeness (QED) is 0.494. The molecule has 0 spiro atoms. The molecule has 4 aromatic rings. The number of hydrogen-bond acceptors (Lipinski definition) is 5. The zero-order chi connectivity index (χ0) is 24.5. The van der Waals surface area contributed by atoms with Gasteiger partial charge in [0.25, 0.3) is 11.5 Å². The van der Waals surface area contributed by atoms with Crippen LogP contribution in [0.2, 0.25) is 0 Å². The fourth-order valence-corrected chi connectivity index (χ4v) is 5.79. The van der Waals surface area contributed by atoms with Crippen molar-refractivity contribution in [1.82, 2.24) is 29.8 Å². The van der Waals surface area contributed by atoms with E-state index in [0.29, 0.717) is 45.4 Å². The molecule has 8 nitrogen and oxygen atoms in total. The topological polar surface area (TPSA) is 87.1 Å². The van der Waals surface area contributed by atoms with Crippen LogP contribution in [0.1, 0.15) is 17.3 Å². The van der Waals surface area contributed by atoms with E-state index >= 15 is 0 Å². The number of fused-ring (bicyclic) bond motifs is 2. The zero-order valence-corrected chi connectivity index (χ0v) is 19.7. The molecule has 9 heteroatoms. The monoisotopic (exact) mass is 472 g/mol. The first-order valence-electron chi connectivity index (χ1n) is 11.6. The molecule has 1 N–H and O–H groups in total. The third-order valence-electron chi connectivity index (χ3n) is 7.54. The van der Waals surface area contributed by atoms with Crippen LogP contribution in [0.25, 0.3) is 27.8 Å². The Morgan fingerprint density at radius 3 is 2.63 bits per heavy atom. The number of carbonyl (C=O) groups is 1. The highest BCUT2D eigenvalue weighted by atomic mass is 19.1. The van der Waals surface area contributed by atoms with E-state index in [4.69, 9.17) is 0 Å². The van der Waals surface area contributed by atoms with Crippen molar-refractivity contribution in [3.63, 3.8) is 0 Å². The van der Waals surface area contributed by atoms with E-state index in [2.05, 4.69) is 41.2 Å². The molecule has 6 rings (SSSR count). The lowest BCUT2D eigenvalue weighted by Crippen LogP contribution is -2.37. The summed E-state index contributed by atoms with van der Waals surface area (Å²) in [5.41, 5.74) is 2.43. The summed E-state index contributed by atoms with van der Waals surface area (Å²) >= 11 is 0. The molecule has 1 saturated carbocycles. The highest BCUT2D eigenvalue weighted by Gasteiger charge is 2.67. The average molecular weight is 473 g/mol. The van der Waals surface area contributed by atoms with Crippen LogP contribution in [0.5, 0.6) is 0 Å². The maximum atomic E-state index is 13.6. The number of aromatic nitrogens is 4. The minimum Gasteiger partial charge on any atom is -0.338 e. The van der Waals surface area contributed by atoms with E-state index in [-0.39, 0.29) is 22.7 Å². The Morgan fingerprint density at radius 2 is 1.94 bits per heavy atom. The molecule has 178 valence electrons. The number of piperidine rings is 1. The van der Waals surface area contributed by atoms with Gasteiger partial charge in [-0.1, -0.05) is 12.1 Å². The smallest absolute Gasteiger partial charge is 0.258 e. The van der Waals surface area contributed by atoms with Crippen LogP contribution in [0.4, 0.5) is 4.39 Å². The summed E-state index contributed by atoms with van der Waals surface area (Å²) in [5.74, 6) is 0.187. The van der Waals surface area contributed by atoms with E-state index in [1.54, 1.807) is 29.1 Å². The van der Waals surface area contributed by atoms with Crippen LogP contribution in [0.15, 0.2) is 59.5 Å². The average Bonchev–Trinajstić information content (AvgIpc) is 3.15. The second-order valence-electron chi connectivity index (χ2n) is 10.0. The third kappa shape index (κ3) is 3.46. The number of H-pyrrole nitrogens is 1. The maximum absolute atomic E-state index is 13.6. The van der Waals surface area contributed by atoms with Crippen molar-refractivity contribution in [3.05, 3.63) is 76.5 Å². The summed E-state index contributed by atoms with van der Waals surface area (Å²) in [6.45, 7) is 3.83. The van der Waals surface area contributed by atoms with E-state index in [9.17, 15) is 14.0 Å². The molecule has 1 saturated heterocycles. The van der Waals surface area contributed by atoms with Crippen molar-refractivity contribution in [3.8, 4) is 16.9 Å². The molecule has 1 aliphatic heterocycles. The van der Waals surface area contributed by atoms with E-state index < -0.39 is 0 Å². The second-order valence-corrected chi connectivity index (χ2v) is 10.0. The van der Waals surface area contributed by atoms with Gasteiger partial charge in [-0.25, -0.2) is 9.07 Å². The van der Waals surface area contributed by atoms with Crippen molar-refractivity contribution in [1.29, 1.82) is 0 Å². The molecule has 0 radical (unpaired) electrons. The molecule has 0 bridgehead atoms. The maximum Gasteiger partial charge on any atom is 0.258 e. The number of hydrogen-bond donors (Lipinski definition) is 1. The number of aromatic amines is 1. The summed E-state index contributed by atoms with van der Waals surface area (Å²) in [5, 5.41) is 8.85. The van der Waals surface area contributed by atoms with Crippen molar-refractivity contribution < 1.29 is 9.18 Å². The molecule has 2 aliphatic rings. The van der Waals surface area contributed by atoms with Gasteiger partial charge >= 0.3 is 0 Å². The molecule has 2 aromatic heterocycles. The Labute approximate surface area is 201 Å². The van der Waals surface area contributed by atoms with Gasteiger partial charge in [0.05, 0.1) is 17.4 Å². The highest BCUT2D eigenvalue weighted by Crippen LogP contribution is 2.59. The molecule has 2 aromatic carbocycles. The zero-order valence-electron chi connectivity index (χ0n) is 19.7. The molecule has 3 atom stereocenters. The van der Waals surface area contributed by atoms with Crippen molar-refractivity contribution in [2.45, 2.75) is 13.0 Å². The van der Waals surface area contributed by atoms with Gasteiger partial charge in [0.15, 0.2) is 0 Å². The Bertz CT molecular complexity index is 1530. The first kappa shape index (κ1) is 21.7. The number of pyridine rings is 1. The second kappa shape index (κ2) is 7.58. The number of carbonyl (C=O) groups excluding carboxylic acids is 1. The van der Waals surface area contributed by atoms with Gasteiger partial charge in [-0.15, -0.1) is 5.10 Å². The van der Waals surface area contributed by atoms with Crippen LogP contribution in [-0.2, 0) is 0 Å². The van der Waals surface area contributed by atoms with Crippen molar-refractivity contribution in [2.75, 3.05) is 27.2 Å². The molecule has 2 fully saturated rings. The van der Waals surface area contributed by atoms with Gasteiger partial charge in [-0.2, -0.15) is 0 Å². The minimum atomic E-state index is -0.383.